The topological polar surface area (TPSA) is 72.7 Å². The molecule has 6 heteroatoms. The molecule has 0 aliphatic carbocycles. The summed E-state index contributed by atoms with van der Waals surface area (Å²) in [5.74, 6) is -0.223. The van der Waals surface area contributed by atoms with Crippen LogP contribution in [0.4, 0.5) is 5.69 Å². The van der Waals surface area contributed by atoms with Crippen LogP contribution in [-0.4, -0.2) is 36.0 Å². The summed E-state index contributed by atoms with van der Waals surface area (Å²) in [6, 6.07) is 15.9. The molecule has 0 N–H and O–H groups in total. The maximum absolute atomic E-state index is 12.5. The number of hydrogen-bond acceptors (Lipinski definition) is 4. The Labute approximate surface area is 146 Å². The van der Waals surface area contributed by atoms with Crippen LogP contribution in [0.2, 0.25) is 0 Å². The molecule has 1 amide bonds. The lowest BCUT2D eigenvalue weighted by Gasteiger charge is -2.21. The molecule has 0 unspecified atom stereocenters. The van der Waals surface area contributed by atoms with Crippen LogP contribution in [0.1, 0.15) is 11.1 Å². The summed E-state index contributed by atoms with van der Waals surface area (Å²) < 4.78 is 5.07. The predicted molar refractivity (Wildman–Crippen MR) is 95.9 cm³/mol. The van der Waals surface area contributed by atoms with Crippen molar-refractivity contribution in [2.24, 2.45) is 0 Å². The molecule has 0 heterocycles. The van der Waals surface area contributed by atoms with E-state index in [4.69, 9.17) is 4.74 Å². The maximum Gasteiger partial charge on any atom is 0.276 e. The van der Waals surface area contributed by atoms with E-state index in [2.05, 4.69) is 0 Å². The van der Waals surface area contributed by atoms with Gasteiger partial charge >= 0.3 is 0 Å². The van der Waals surface area contributed by atoms with Crippen LogP contribution in [0.25, 0.3) is 6.08 Å². The zero-order chi connectivity index (χ0) is 18.1. The Kier molecular flexibility index (Phi) is 6.86. The fourth-order valence-corrected chi connectivity index (χ4v) is 2.33. The summed E-state index contributed by atoms with van der Waals surface area (Å²) in [4.78, 5) is 24.7. The molecule has 6 nitrogen and oxygen atoms in total. The Morgan fingerprint density at radius 1 is 1.16 bits per heavy atom. The molecule has 0 aliphatic heterocycles. The molecule has 0 saturated carbocycles. The molecule has 2 aromatic rings. The fourth-order valence-electron chi connectivity index (χ4n) is 2.33. The second kappa shape index (κ2) is 9.34. The lowest BCUT2D eigenvalue weighted by molar-refractivity contribution is -0.385. The summed E-state index contributed by atoms with van der Waals surface area (Å²) in [6.45, 7) is 1.30. The van der Waals surface area contributed by atoms with Gasteiger partial charge in [0.2, 0.25) is 5.91 Å². The first-order chi connectivity index (χ1) is 12.1. The molecule has 130 valence electrons. The molecule has 0 fully saturated rings. The van der Waals surface area contributed by atoms with Gasteiger partial charge in [-0.15, -0.1) is 0 Å². The van der Waals surface area contributed by atoms with Gasteiger partial charge < -0.3 is 9.64 Å². The number of nitro groups is 1. The number of rotatable bonds is 8. The van der Waals surface area contributed by atoms with Crippen molar-refractivity contribution in [3.63, 3.8) is 0 Å². The van der Waals surface area contributed by atoms with E-state index in [0.29, 0.717) is 25.3 Å². The summed E-state index contributed by atoms with van der Waals surface area (Å²) in [7, 11) is 1.58. The molecule has 0 saturated heterocycles. The highest BCUT2D eigenvalue weighted by Crippen LogP contribution is 2.19. The average molecular weight is 340 g/mol. The molecule has 0 radical (unpaired) electrons. The van der Waals surface area contributed by atoms with Crippen molar-refractivity contribution in [2.75, 3.05) is 20.3 Å². The number of amides is 1. The molecule has 0 aromatic heterocycles. The highest BCUT2D eigenvalue weighted by atomic mass is 16.6. The van der Waals surface area contributed by atoms with E-state index in [1.807, 2.05) is 30.3 Å². The van der Waals surface area contributed by atoms with Crippen molar-refractivity contribution in [2.45, 2.75) is 6.54 Å². The first-order valence-corrected chi connectivity index (χ1v) is 7.85. The number of nitrogens with zero attached hydrogens (tertiary/aromatic N) is 2. The molecule has 0 spiro atoms. The Balaban J connectivity index is 2.15. The Morgan fingerprint density at radius 2 is 1.84 bits per heavy atom. The lowest BCUT2D eigenvalue weighted by atomic mass is 10.1. The van der Waals surface area contributed by atoms with Gasteiger partial charge in [-0.25, -0.2) is 0 Å². The van der Waals surface area contributed by atoms with Crippen molar-refractivity contribution in [1.82, 2.24) is 4.90 Å². The smallest absolute Gasteiger partial charge is 0.276 e. The number of nitro benzene ring substituents is 1. The number of carbonyl (C=O) groups excluding carboxylic acids is 1. The number of carbonyl (C=O) groups is 1. The summed E-state index contributed by atoms with van der Waals surface area (Å²) in [6.07, 6.45) is 2.84. The third-order valence-corrected chi connectivity index (χ3v) is 3.63. The van der Waals surface area contributed by atoms with Crippen LogP contribution in [0.5, 0.6) is 0 Å². The van der Waals surface area contributed by atoms with Gasteiger partial charge in [-0.1, -0.05) is 42.5 Å². The first kappa shape index (κ1) is 18.4. The summed E-state index contributed by atoms with van der Waals surface area (Å²) in [5.41, 5.74) is 1.37. The van der Waals surface area contributed by atoms with Gasteiger partial charge in [-0.2, -0.15) is 0 Å². The van der Waals surface area contributed by atoms with Crippen LogP contribution in [0, 0.1) is 10.1 Å². The van der Waals surface area contributed by atoms with Gasteiger partial charge in [0.05, 0.1) is 17.1 Å². The first-order valence-electron chi connectivity index (χ1n) is 7.85. The van der Waals surface area contributed by atoms with Crippen LogP contribution in [0.3, 0.4) is 0 Å². The highest BCUT2D eigenvalue weighted by molar-refractivity contribution is 5.92. The third-order valence-electron chi connectivity index (χ3n) is 3.63. The van der Waals surface area contributed by atoms with E-state index in [-0.39, 0.29) is 11.6 Å². The van der Waals surface area contributed by atoms with Crippen molar-refractivity contribution in [3.05, 3.63) is 81.9 Å². The van der Waals surface area contributed by atoms with Crippen molar-refractivity contribution in [1.29, 1.82) is 0 Å². The van der Waals surface area contributed by atoms with Crippen molar-refractivity contribution in [3.8, 4) is 0 Å². The molecule has 2 aromatic carbocycles. The zero-order valence-corrected chi connectivity index (χ0v) is 14.0. The van der Waals surface area contributed by atoms with E-state index in [9.17, 15) is 14.9 Å². The fraction of sp³-hybridized carbons (Fsp3) is 0.211. The number of benzene rings is 2. The molecular weight excluding hydrogens is 320 g/mol. The van der Waals surface area contributed by atoms with Gasteiger partial charge in [-0.3, -0.25) is 14.9 Å². The normalized spacial score (nSPS) is 10.8. The van der Waals surface area contributed by atoms with Crippen LogP contribution in [0.15, 0.2) is 60.7 Å². The van der Waals surface area contributed by atoms with Gasteiger partial charge in [0, 0.05) is 32.3 Å². The van der Waals surface area contributed by atoms with E-state index in [1.165, 1.54) is 18.2 Å². The predicted octanol–water partition coefficient (Wildman–Crippen LogP) is 3.28. The molecular formula is C19H20N2O4. The van der Waals surface area contributed by atoms with Crippen LogP contribution < -0.4 is 0 Å². The number of ether oxygens (including phenoxy) is 1. The van der Waals surface area contributed by atoms with Gasteiger partial charge in [0.15, 0.2) is 0 Å². The Bertz CT molecular complexity index is 744. The quantitative estimate of drug-likeness (QED) is 0.420. The van der Waals surface area contributed by atoms with Gasteiger partial charge in [0.25, 0.3) is 5.69 Å². The van der Waals surface area contributed by atoms with Gasteiger partial charge in [0.1, 0.15) is 0 Å². The van der Waals surface area contributed by atoms with Crippen LogP contribution >= 0.6 is 0 Å². The Morgan fingerprint density at radius 3 is 2.52 bits per heavy atom. The highest BCUT2D eigenvalue weighted by Gasteiger charge is 2.13. The second-order valence-corrected chi connectivity index (χ2v) is 5.39. The monoisotopic (exact) mass is 340 g/mol. The maximum atomic E-state index is 12.5. The molecule has 25 heavy (non-hydrogen) atoms. The minimum absolute atomic E-state index is 0.0296. The molecule has 0 atom stereocenters. The summed E-state index contributed by atoms with van der Waals surface area (Å²) in [5, 5.41) is 11.0. The van der Waals surface area contributed by atoms with E-state index in [0.717, 1.165) is 5.56 Å². The Hall–Kier alpha value is -2.99. The van der Waals surface area contributed by atoms with Crippen molar-refractivity contribution < 1.29 is 14.5 Å². The SMILES string of the molecule is COCCN(Cc1ccccc1)C(=O)C=Cc1ccccc1[N+](=O)[O-]. The van der Waals surface area contributed by atoms with E-state index in [1.54, 1.807) is 30.2 Å². The number of methoxy groups -OCH3 is 1. The van der Waals surface area contributed by atoms with E-state index < -0.39 is 4.92 Å². The van der Waals surface area contributed by atoms with Crippen LogP contribution in [-0.2, 0) is 16.1 Å². The number of para-hydroxylation sites is 1. The third kappa shape index (κ3) is 5.54. The van der Waals surface area contributed by atoms with Crippen molar-refractivity contribution >= 4 is 17.7 Å². The lowest BCUT2D eigenvalue weighted by Crippen LogP contribution is -2.32. The zero-order valence-electron chi connectivity index (χ0n) is 14.0. The summed E-state index contributed by atoms with van der Waals surface area (Å²) >= 11 is 0. The number of hydrogen-bond donors (Lipinski definition) is 0. The van der Waals surface area contributed by atoms with Gasteiger partial charge in [-0.05, 0) is 17.7 Å². The minimum atomic E-state index is -0.461. The standard InChI is InChI=1S/C19H20N2O4/c1-25-14-13-20(15-16-7-3-2-4-8-16)19(22)12-11-17-9-5-6-10-18(17)21(23)24/h2-12H,13-15H2,1H3. The molecule has 0 bridgehead atoms. The minimum Gasteiger partial charge on any atom is -0.383 e. The molecule has 0 aliphatic rings. The molecule has 2 rings (SSSR count). The van der Waals surface area contributed by atoms with E-state index >= 15 is 0 Å². The average Bonchev–Trinajstić information content (AvgIpc) is 2.64. The largest absolute Gasteiger partial charge is 0.383 e. The second-order valence-electron chi connectivity index (χ2n) is 5.39.